The lowest BCUT2D eigenvalue weighted by Crippen LogP contribution is -2.39. The van der Waals surface area contributed by atoms with Crippen LogP contribution in [0.2, 0.25) is 0 Å². The minimum Gasteiger partial charge on any atom is -0.333 e. The molecule has 1 saturated heterocycles. The first kappa shape index (κ1) is 10.2. The van der Waals surface area contributed by atoms with Crippen LogP contribution >= 0.6 is 0 Å². The molecule has 1 aliphatic rings. The molecule has 3 nitrogen and oxygen atoms in total. The maximum atomic E-state index is 11.4. The van der Waals surface area contributed by atoms with Crippen molar-refractivity contribution in [2.75, 3.05) is 6.54 Å². The highest BCUT2D eigenvalue weighted by atomic mass is 16.2. The number of amides is 1. The van der Waals surface area contributed by atoms with E-state index in [1.165, 1.54) is 0 Å². The lowest BCUT2D eigenvalue weighted by atomic mass is 10.1. The van der Waals surface area contributed by atoms with Crippen LogP contribution in [0.3, 0.4) is 0 Å². The van der Waals surface area contributed by atoms with Gasteiger partial charge in [0.05, 0.1) is 6.04 Å². The first-order valence-corrected chi connectivity index (χ1v) is 4.88. The second-order valence-electron chi connectivity index (χ2n) is 3.85. The summed E-state index contributed by atoms with van der Waals surface area (Å²) in [6.07, 6.45) is 1.11. The van der Waals surface area contributed by atoms with Crippen LogP contribution in [0.25, 0.3) is 0 Å². The molecule has 0 aromatic rings. The number of hydrogen-bond acceptors (Lipinski definition) is 2. The van der Waals surface area contributed by atoms with E-state index in [2.05, 4.69) is 0 Å². The summed E-state index contributed by atoms with van der Waals surface area (Å²) in [4.78, 5) is 24.5. The van der Waals surface area contributed by atoms with Gasteiger partial charge in [0, 0.05) is 19.4 Å². The molecule has 0 aromatic carbocycles. The topological polar surface area (TPSA) is 37.4 Å². The van der Waals surface area contributed by atoms with E-state index in [4.69, 9.17) is 0 Å². The number of carbonyl (C=O) groups excluding carboxylic acids is 2. The summed E-state index contributed by atoms with van der Waals surface area (Å²) in [5.41, 5.74) is 0. The largest absolute Gasteiger partial charge is 0.333 e. The first-order valence-electron chi connectivity index (χ1n) is 4.88. The van der Waals surface area contributed by atoms with Gasteiger partial charge in [0.15, 0.2) is 5.78 Å². The first-order chi connectivity index (χ1) is 6.06. The summed E-state index contributed by atoms with van der Waals surface area (Å²) < 4.78 is 0. The molecular weight excluding hydrogens is 166 g/mol. The van der Waals surface area contributed by atoms with E-state index in [1.54, 1.807) is 4.90 Å². The van der Waals surface area contributed by atoms with Gasteiger partial charge in [-0.3, -0.25) is 9.59 Å². The highest BCUT2D eigenvalue weighted by Gasteiger charge is 2.32. The summed E-state index contributed by atoms with van der Waals surface area (Å²) in [7, 11) is 0. The summed E-state index contributed by atoms with van der Waals surface area (Å²) in [5, 5.41) is 0. The fourth-order valence-corrected chi connectivity index (χ4v) is 1.76. The zero-order valence-corrected chi connectivity index (χ0v) is 8.54. The molecule has 0 aliphatic carbocycles. The third-order valence-electron chi connectivity index (χ3n) is 2.63. The SMILES string of the molecule is CCC(=O)C(C)N1CC(C)CC1=O. The molecule has 3 heteroatoms. The van der Waals surface area contributed by atoms with Crippen molar-refractivity contribution in [1.29, 1.82) is 0 Å². The van der Waals surface area contributed by atoms with Crippen LogP contribution in [-0.2, 0) is 9.59 Å². The van der Waals surface area contributed by atoms with Gasteiger partial charge < -0.3 is 4.90 Å². The van der Waals surface area contributed by atoms with Crippen LogP contribution in [0.5, 0.6) is 0 Å². The van der Waals surface area contributed by atoms with Crippen molar-refractivity contribution < 1.29 is 9.59 Å². The standard InChI is InChI=1S/C10H17NO2/c1-4-9(12)8(3)11-6-7(2)5-10(11)13/h7-8H,4-6H2,1-3H3. The zero-order valence-electron chi connectivity index (χ0n) is 8.54. The van der Waals surface area contributed by atoms with Crippen molar-refractivity contribution >= 4 is 11.7 Å². The molecule has 1 heterocycles. The van der Waals surface area contributed by atoms with Gasteiger partial charge in [0.2, 0.25) is 5.91 Å². The second-order valence-corrected chi connectivity index (χ2v) is 3.85. The van der Waals surface area contributed by atoms with E-state index in [1.807, 2.05) is 20.8 Å². The van der Waals surface area contributed by atoms with E-state index in [9.17, 15) is 9.59 Å². The molecule has 1 rings (SSSR count). The molecule has 2 unspecified atom stereocenters. The van der Waals surface area contributed by atoms with Gasteiger partial charge >= 0.3 is 0 Å². The Hall–Kier alpha value is -0.860. The third kappa shape index (κ3) is 2.08. The molecule has 74 valence electrons. The van der Waals surface area contributed by atoms with Crippen LogP contribution < -0.4 is 0 Å². The fourth-order valence-electron chi connectivity index (χ4n) is 1.76. The predicted octanol–water partition coefficient (Wildman–Crippen LogP) is 1.22. The average molecular weight is 183 g/mol. The summed E-state index contributed by atoms with van der Waals surface area (Å²) in [6.45, 7) is 6.44. The number of ketones is 1. The lowest BCUT2D eigenvalue weighted by Gasteiger charge is -2.22. The van der Waals surface area contributed by atoms with Crippen LogP contribution in [-0.4, -0.2) is 29.2 Å². The van der Waals surface area contributed by atoms with Crippen LogP contribution in [0.1, 0.15) is 33.6 Å². The van der Waals surface area contributed by atoms with Gasteiger partial charge in [0.25, 0.3) is 0 Å². The Balaban J connectivity index is 2.62. The number of nitrogens with zero attached hydrogens (tertiary/aromatic N) is 1. The summed E-state index contributed by atoms with van der Waals surface area (Å²) in [5.74, 6) is 0.684. The van der Waals surface area contributed by atoms with E-state index >= 15 is 0 Å². The maximum Gasteiger partial charge on any atom is 0.223 e. The normalized spacial score (nSPS) is 25.0. The minimum atomic E-state index is -0.220. The number of Topliss-reactive ketones (excluding diaryl/α,β-unsaturated/α-hetero) is 1. The molecule has 1 aliphatic heterocycles. The van der Waals surface area contributed by atoms with Crippen molar-refractivity contribution in [3.05, 3.63) is 0 Å². The lowest BCUT2D eigenvalue weighted by molar-refractivity contribution is -0.135. The van der Waals surface area contributed by atoms with E-state index in [0.29, 0.717) is 18.8 Å². The van der Waals surface area contributed by atoms with Crippen LogP contribution in [0.4, 0.5) is 0 Å². The number of carbonyl (C=O) groups is 2. The quantitative estimate of drug-likeness (QED) is 0.659. The molecule has 13 heavy (non-hydrogen) atoms. The molecule has 2 atom stereocenters. The fraction of sp³-hybridized carbons (Fsp3) is 0.800. The third-order valence-corrected chi connectivity index (χ3v) is 2.63. The molecular formula is C10H17NO2. The predicted molar refractivity (Wildman–Crippen MR) is 50.3 cm³/mol. The smallest absolute Gasteiger partial charge is 0.223 e. The van der Waals surface area contributed by atoms with Crippen molar-refractivity contribution in [2.45, 2.75) is 39.7 Å². The van der Waals surface area contributed by atoms with Gasteiger partial charge in [-0.2, -0.15) is 0 Å². The van der Waals surface area contributed by atoms with E-state index in [0.717, 1.165) is 6.54 Å². The molecule has 1 amide bonds. The zero-order chi connectivity index (χ0) is 10.0. The molecule has 0 saturated carbocycles. The highest BCUT2D eigenvalue weighted by molar-refractivity contribution is 5.89. The Morgan fingerprint density at radius 1 is 1.69 bits per heavy atom. The van der Waals surface area contributed by atoms with Crippen molar-refractivity contribution in [3.8, 4) is 0 Å². The molecule has 0 aromatic heterocycles. The minimum absolute atomic E-state index is 0.127. The Morgan fingerprint density at radius 3 is 2.69 bits per heavy atom. The van der Waals surface area contributed by atoms with Crippen LogP contribution in [0.15, 0.2) is 0 Å². The molecule has 0 N–H and O–H groups in total. The molecule has 0 radical (unpaired) electrons. The Kier molecular flexibility index (Phi) is 3.07. The van der Waals surface area contributed by atoms with Crippen molar-refractivity contribution in [3.63, 3.8) is 0 Å². The number of rotatable bonds is 3. The van der Waals surface area contributed by atoms with Gasteiger partial charge in [-0.25, -0.2) is 0 Å². The summed E-state index contributed by atoms with van der Waals surface area (Å²) >= 11 is 0. The highest BCUT2D eigenvalue weighted by Crippen LogP contribution is 2.19. The molecule has 1 fully saturated rings. The van der Waals surface area contributed by atoms with Gasteiger partial charge in [-0.05, 0) is 12.8 Å². The van der Waals surface area contributed by atoms with E-state index in [-0.39, 0.29) is 17.7 Å². The Morgan fingerprint density at radius 2 is 2.31 bits per heavy atom. The van der Waals surface area contributed by atoms with E-state index < -0.39 is 0 Å². The maximum absolute atomic E-state index is 11.4. The Bertz CT molecular complexity index is 225. The number of likely N-dealkylation sites (tertiary alicyclic amines) is 1. The van der Waals surface area contributed by atoms with Crippen molar-refractivity contribution in [2.24, 2.45) is 5.92 Å². The average Bonchev–Trinajstić information content (AvgIpc) is 2.42. The summed E-state index contributed by atoms with van der Waals surface area (Å²) in [6, 6.07) is -0.220. The molecule has 0 bridgehead atoms. The second kappa shape index (κ2) is 3.90. The monoisotopic (exact) mass is 183 g/mol. The van der Waals surface area contributed by atoms with Gasteiger partial charge in [-0.15, -0.1) is 0 Å². The van der Waals surface area contributed by atoms with Gasteiger partial charge in [0.1, 0.15) is 0 Å². The van der Waals surface area contributed by atoms with Gasteiger partial charge in [-0.1, -0.05) is 13.8 Å². The number of hydrogen-bond donors (Lipinski definition) is 0. The van der Waals surface area contributed by atoms with Crippen LogP contribution in [0, 0.1) is 5.92 Å². The van der Waals surface area contributed by atoms with Crippen molar-refractivity contribution in [1.82, 2.24) is 4.90 Å². The Labute approximate surface area is 79.1 Å². The molecule has 0 spiro atoms.